The van der Waals surface area contributed by atoms with E-state index in [9.17, 15) is 14.9 Å². The quantitative estimate of drug-likeness (QED) is 0.525. The summed E-state index contributed by atoms with van der Waals surface area (Å²) in [7, 11) is 0. The Labute approximate surface area is 163 Å². The molecule has 2 rings (SSSR count). The summed E-state index contributed by atoms with van der Waals surface area (Å²) in [4.78, 5) is 22.2. The number of rotatable bonds is 7. The molecule has 0 saturated carbocycles. The van der Waals surface area contributed by atoms with E-state index in [1.54, 1.807) is 18.2 Å². The molecule has 1 amide bonds. The second kappa shape index (κ2) is 9.07. The molecule has 8 heteroatoms. The topological polar surface area (TPSA) is 99.9 Å². The molecule has 0 heterocycles. The highest BCUT2D eigenvalue weighted by Gasteiger charge is 2.17. The molecule has 0 unspecified atom stereocenters. The predicted molar refractivity (Wildman–Crippen MR) is 104 cm³/mol. The highest BCUT2D eigenvalue weighted by molar-refractivity contribution is 5.71. The first kappa shape index (κ1) is 21.0. The summed E-state index contributed by atoms with van der Waals surface area (Å²) < 4.78 is 16.8. The lowest BCUT2D eigenvalue weighted by atomic mass is 10.1. The Hall–Kier alpha value is -3.29. The molecule has 0 bridgehead atoms. The van der Waals surface area contributed by atoms with Gasteiger partial charge in [0.15, 0.2) is 11.5 Å². The summed E-state index contributed by atoms with van der Waals surface area (Å²) in [6, 6.07) is 10.5. The van der Waals surface area contributed by atoms with Crippen LogP contribution in [0.4, 0.5) is 10.5 Å². The van der Waals surface area contributed by atoms with Crippen molar-refractivity contribution in [1.82, 2.24) is 5.32 Å². The van der Waals surface area contributed by atoms with Gasteiger partial charge in [0.05, 0.1) is 11.5 Å². The molecule has 0 aliphatic rings. The summed E-state index contributed by atoms with van der Waals surface area (Å²) in [6.45, 7) is 7.98. The number of ether oxygens (including phenoxy) is 3. The van der Waals surface area contributed by atoms with Crippen molar-refractivity contribution in [2.75, 3.05) is 6.61 Å². The number of amides is 1. The van der Waals surface area contributed by atoms with Crippen LogP contribution in [0.2, 0.25) is 0 Å². The van der Waals surface area contributed by atoms with Crippen LogP contribution in [0, 0.1) is 10.1 Å². The van der Waals surface area contributed by atoms with Crippen LogP contribution in [-0.4, -0.2) is 23.2 Å². The number of hydrogen-bond donors (Lipinski definition) is 1. The molecule has 2 aromatic carbocycles. The number of nitrogens with zero attached hydrogens (tertiary/aromatic N) is 1. The second-order valence-electron chi connectivity index (χ2n) is 7.07. The Morgan fingerprint density at radius 3 is 2.29 bits per heavy atom. The molecule has 2 aromatic rings. The van der Waals surface area contributed by atoms with Gasteiger partial charge in [0.2, 0.25) is 0 Å². The predicted octanol–water partition coefficient (Wildman–Crippen LogP) is 5.06. The lowest BCUT2D eigenvalue weighted by Crippen LogP contribution is -2.42. The van der Waals surface area contributed by atoms with Crippen LogP contribution >= 0.6 is 0 Å². The van der Waals surface area contributed by atoms with Crippen molar-refractivity contribution in [2.45, 2.75) is 39.7 Å². The van der Waals surface area contributed by atoms with Gasteiger partial charge in [-0.2, -0.15) is 0 Å². The van der Waals surface area contributed by atoms with Crippen molar-refractivity contribution in [2.24, 2.45) is 0 Å². The fourth-order valence-corrected chi connectivity index (χ4v) is 2.16. The van der Waals surface area contributed by atoms with Crippen LogP contribution in [0.15, 0.2) is 42.5 Å². The fourth-order valence-electron chi connectivity index (χ4n) is 2.16. The van der Waals surface area contributed by atoms with Gasteiger partial charge in [-0.15, -0.1) is 0 Å². The van der Waals surface area contributed by atoms with Crippen molar-refractivity contribution in [1.29, 1.82) is 0 Å². The van der Waals surface area contributed by atoms with E-state index in [1.165, 1.54) is 24.3 Å². The Morgan fingerprint density at radius 1 is 1.07 bits per heavy atom. The summed E-state index contributed by atoms with van der Waals surface area (Å²) >= 11 is 0. The molecule has 0 radical (unpaired) electrons. The lowest BCUT2D eigenvalue weighted by molar-refractivity contribution is -0.384. The van der Waals surface area contributed by atoms with Crippen molar-refractivity contribution < 1.29 is 23.9 Å². The molecule has 0 fully saturated rings. The standard InChI is InChI=1S/C20H24N2O6/c1-5-12-26-18-13-16(28-19(23)21-20(2,3)4)10-11-17(18)27-15-8-6-14(7-9-15)22(24)25/h6-11,13H,5,12H2,1-4H3,(H,21,23). The average Bonchev–Trinajstić information content (AvgIpc) is 2.60. The highest BCUT2D eigenvalue weighted by Crippen LogP contribution is 2.35. The molecule has 0 aromatic heterocycles. The van der Waals surface area contributed by atoms with Crippen molar-refractivity contribution in [3.8, 4) is 23.0 Å². The van der Waals surface area contributed by atoms with Gasteiger partial charge in [0.25, 0.3) is 5.69 Å². The van der Waals surface area contributed by atoms with E-state index in [4.69, 9.17) is 14.2 Å². The molecule has 150 valence electrons. The van der Waals surface area contributed by atoms with Crippen LogP contribution < -0.4 is 19.5 Å². The Morgan fingerprint density at radius 2 is 1.71 bits per heavy atom. The summed E-state index contributed by atoms with van der Waals surface area (Å²) in [5.41, 5.74) is -0.444. The van der Waals surface area contributed by atoms with Crippen LogP contribution in [-0.2, 0) is 0 Å². The summed E-state index contributed by atoms with van der Waals surface area (Å²) in [5.74, 6) is 1.54. The minimum atomic E-state index is -0.571. The third-order valence-corrected chi connectivity index (χ3v) is 3.34. The molecular weight excluding hydrogens is 364 g/mol. The first-order valence-corrected chi connectivity index (χ1v) is 8.87. The molecular formula is C20H24N2O6. The smallest absolute Gasteiger partial charge is 0.413 e. The summed E-state index contributed by atoms with van der Waals surface area (Å²) in [6.07, 6.45) is 0.213. The average molecular weight is 388 g/mol. The fraction of sp³-hybridized carbons (Fsp3) is 0.350. The molecule has 1 N–H and O–H groups in total. The Balaban J connectivity index is 2.18. The largest absolute Gasteiger partial charge is 0.490 e. The number of hydrogen-bond acceptors (Lipinski definition) is 6. The van der Waals surface area contributed by atoms with Gasteiger partial charge in [0.1, 0.15) is 11.5 Å². The van der Waals surface area contributed by atoms with Crippen molar-refractivity contribution >= 4 is 11.8 Å². The minimum absolute atomic E-state index is 0.0246. The molecule has 28 heavy (non-hydrogen) atoms. The molecule has 8 nitrogen and oxygen atoms in total. The molecule has 0 atom stereocenters. The van der Waals surface area contributed by atoms with E-state index in [1.807, 2.05) is 27.7 Å². The van der Waals surface area contributed by atoms with E-state index < -0.39 is 16.6 Å². The summed E-state index contributed by atoms with van der Waals surface area (Å²) in [5, 5.41) is 13.5. The van der Waals surface area contributed by atoms with Crippen LogP contribution in [0.25, 0.3) is 0 Å². The number of non-ortho nitro benzene ring substituents is 1. The maximum atomic E-state index is 12.0. The first-order valence-electron chi connectivity index (χ1n) is 8.87. The zero-order valence-corrected chi connectivity index (χ0v) is 16.4. The van der Waals surface area contributed by atoms with Crippen LogP contribution in [0.1, 0.15) is 34.1 Å². The van der Waals surface area contributed by atoms with E-state index >= 15 is 0 Å². The van der Waals surface area contributed by atoms with Gasteiger partial charge in [-0.05, 0) is 51.5 Å². The molecule has 0 spiro atoms. The zero-order valence-electron chi connectivity index (χ0n) is 16.4. The number of carbonyl (C=O) groups is 1. The molecule has 0 saturated heterocycles. The SMILES string of the molecule is CCCOc1cc(OC(=O)NC(C)(C)C)ccc1Oc1ccc([N+](=O)[O-])cc1. The molecule has 0 aliphatic carbocycles. The van der Waals surface area contributed by atoms with E-state index in [0.717, 1.165) is 6.42 Å². The van der Waals surface area contributed by atoms with E-state index in [2.05, 4.69) is 5.32 Å². The van der Waals surface area contributed by atoms with Gasteiger partial charge in [-0.1, -0.05) is 6.92 Å². The normalized spacial score (nSPS) is 10.9. The van der Waals surface area contributed by atoms with Crippen molar-refractivity contribution in [3.05, 3.63) is 52.6 Å². The third-order valence-electron chi connectivity index (χ3n) is 3.34. The zero-order chi connectivity index (χ0) is 20.7. The Kier molecular flexibility index (Phi) is 6.81. The number of benzene rings is 2. The maximum absolute atomic E-state index is 12.0. The van der Waals surface area contributed by atoms with Crippen LogP contribution in [0.5, 0.6) is 23.0 Å². The van der Waals surface area contributed by atoms with E-state index in [0.29, 0.717) is 29.6 Å². The third kappa shape index (κ3) is 6.46. The highest BCUT2D eigenvalue weighted by atomic mass is 16.6. The minimum Gasteiger partial charge on any atom is -0.490 e. The first-order chi connectivity index (χ1) is 13.2. The van der Waals surface area contributed by atoms with Gasteiger partial charge in [-0.25, -0.2) is 4.79 Å². The number of nitro benzene ring substituents is 1. The van der Waals surface area contributed by atoms with Crippen molar-refractivity contribution in [3.63, 3.8) is 0 Å². The Bertz CT molecular complexity index is 828. The van der Waals surface area contributed by atoms with Gasteiger partial charge in [-0.3, -0.25) is 10.1 Å². The number of carbonyl (C=O) groups excluding carboxylic acids is 1. The monoisotopic (exact) mass is 388 g/mol. The number of nitrogens with one attached hydrogen (secondary N) is 1. The van der Waals surface area contributed by atoms with Crippen LogP contribution in [0.3, 0.4) is 0 Å². The maximum Gasteiger partial charge on any atom is 0.413 e. The van der Waals surface area contributed by atoms with Gasteiger partial charge >= 0.3 is 6.09 Å². The lowest BCUT2D eigenvalue weighted by Gasteiger charge is -2.20. The second-order valence-corrected chi connectivity index (χ2v) is 7.07. The van der Waals surface area contributed by atoms with Gasteiger partial charge < -0.3 is 19.5 Å². The van der Waals surface area contributed by atoms with E-state index in [-0.39, 0.29) is 5.69 Å². The van der Waals surface area contributed by atoms with Gasteiger partial charge in [0, 0.05) is 23.7 Å². The number of nitro groups is 1. The molecule has 0 aliphatic heterocycles.